The van der Waals surface area contributed by atoms with Crippen molar-refractivity contribution in [1.29, 1.82) is 0 Å². The molecular formula is C15H22ClNO. The number of rotatable bonds is 3. The molecule has 100 valence electrons. The van der Waals surface area contributed by atoms with Gasteiger partial charge < -0.3 is 10.5 Å². The average Bonchev–Trinajstić information content (AvgIpc) is 2.27. The number of hydrogen-bond acceptors (Lipinski definition) is 2. The molecule has 0 amide bonds. The maximum atomic E-state index is 6.14. The van der Waals surface area contributed by atoms with Crippen molar-refractivity contribution in [2.24, 2.45) is 17.6 Å². The Morgan fingerprint density at radius 1 is 1.22 bits per heavy atom. The van der Waals surface area contributed by atoms with Gasteiger partial charge in [0.25, 0.3) is 0 Å². The van der Waals surface area contributed by atoms with Crippen molar-refractivity contribution in [2.75, 3.05) is 0 Å². The number of hydrogen-bond donors (Lipinski definition) is 1. The Morgan fingerprint density at radius 3 is 2.50 bits per heavy atom. The van der Waals surface area contributed by atoms with Crippen molar-refractivity contribution >= 4 is 11.6 Å². The van der Waals surface area contributed by atoms with E-state index in [9.17, 15) is 0 Å². The first-order valence-electron chi connectivity index (χ1n) is 6.74. The predicted octanol–water partition coefficient (Wildman–Crippen LogP) is 4.00. The molecule has 0 spiro atoms. The molecule has 3 heteroatoms. The largest absolute Gasteiger partial charge is 0.490 e. The van der Waals surface area contributed by atoms with Gasteiger partial charge in [-0.1, -0.05) is 31.5 Å². The van der Waals surface area contributed by atoms with Gasteiger partial charge in [-0.3, -0.25) is 0 Å². The van der Waals surface area contributed by atoms with Crippen LogP contribution in [-0.2, 0) is 6.54 Å². The van der Waals surface area contributed by atoms with Gasteiger partial charge in [-0.2, -0.15) is 0 Å². The zero-order valence-corrected chi connectivity index (χ0v) is 11.9. The second-order valence-electron chi connectivity index (χ2n) is 5.58. The molecule has 18 heavy (non-hydrogen) atoms. The standard InChI is InChI=1S/C15H22ClNO/c1-10-6-11(2)8-12(7-10)18-15-5-3-4-14(16)13(15)9-17/h3-5,10-12H,6-9,17H2,1-2H3. The van der Waals surface area contributed by atoms with Gasteiger partial charge >= 0.3 is 0 Å². The van der Waals surface area contributed by atoms with E-state index in [0.29, 0.717) is 17.7 Å². The lowest BCUT2D eigenvalue weighted by atomic mass is 9.82. The molecule has 1 aromatic rings. The predicted molar refractivity (Wildman–Crippen MR) is 75.9 cm³/mol. The average molecular weight is 268 g/mol. The minimum Gasteiger partial charge on any atom is -0.490 e. The lowest BCUT2D eigenvalue weighted by molar-refractivity contribution is 0.100. The first-order chi connectivity index (χ1) is 8.60. The number of halogens is 1. The molecule has 1 fully saturated rings. The third kappa shape index (κ3) is 3.18. The van der Waals surface area contributed by atoms with Crippen LogP contribution in [0.25, 0.3) is 0 Å². The highest BCUT2D eigenvalue weighted by Crippen LogP contribution is 2.33. The van der Waals surface area contributed by atoms with Crippen molar-refractivity contribution in [1.82, 2.24) is 0 Å². The lowest BCUT2D eigenvalue weighted by Crippen LogP contribution is -2.28. The molecule has 0 saturated heterocycles. The zero-order valence-electron chi connectivity index (χ0n) is 11.2. The molecule has 2 rings (SSSR count). The Bertz CT molecular complexity index is 397. The van der Waals surface area contributed by atoms with E-state index >= 15 is 0 Å². The summed E-state index contributed by atoms with van der Waals surface area (Å²) in [5, 5.41) is 0.701. The number of benzene rings is 1. The van der Waals surface area contributed by atoms with Gasteiger partial charge in [0.05, 0.1) is 6.10 Å². The Hall–Kier alpha value is -0.730. The van der Waals surface area contributed by atoms with E-state index < -0.39 is 0 Å². The fourth-order valence-corrected chi connectivity index (χ4v) is 3.24. The van der Waals surface area contributed by atoms with E-state index in [-0.39, 0.29) is 0 Å². The highest BCUT2D eigenvalue weighted by molar-refractivity contribution is 6.31. The molecule has 2 unspecified atom stereocenters. The van der Waals surface area contributed by atoms with E-state index in [1.807, 2.05) is 18.2 Å². The van der Waals surface area contributed by atoms with Crippen LogP contribution in [0.1, 0.15) is 38.7 Å². The summed E-state index contributed by atoms with van der Waals surface area (Å²) >= 11 is 6.14. The smallest absolute Gasteiger partial charge is 0.125 e. The second kappa shape index (κ2) is 5.94. The van der Waals surface area contributed by atoms with E-state index in [2.05, 4.69) is 13.8 Å². The highest BCUT2D eigenvalue weighted by atomic mass is 35.5. The van der Waals surface area contributed by atoms with Crippen molar-refractivity contribution < 1.29 is 4.74 Å². The molecule has 2 N–H and O–H groups in total. The van der Waals surface area contributed by atoms with E-state index in [1.54, 1.807) is 0 Å². The Morgan fingerprint density at radius 2 is 1.89 bits per heavy atom. The summed E-state index contributed by atoms with van der Waals surface area (Å²) in [7, 11) is 0. The highest BCUT2D eigenvalue weighted by Gasteiger charge is 2.25. The monoisotopic (exact) mass is 267 g/mol. The van der Waals surface area contributed by atoms with Crippen LogP contribution in [0.3, 0.4) is 0 Å². The van der Waals surface area contributed by atoms with E-state index in [1.165, 1.54) is 6.42 Å². The first-order valence-corrected chi connectivity index (χ1v) is 7.12. The van der Waals surface area contributed by atoms with Crippen LogP contribution in [0.5, 0.6) is 5.75 Å². The van der Waals surface area contributed by atoms with Crippen molar-refractivity contribution in [3.63, 3.8) is 0 Å². The third-order valence-electron chi connectivity index (χ3n) is 3.71. The molecule has 0 bridgehead atoms. The SMILES string of the molecule is CC1CC(C)CC(Oc2cccc(Cl)c2CN)C1. The molecular weight excluding hydrogens is 246 g/mol. The first kappa shape index (κ1) is 13.7. The quantitative estimate of drug-likeness (QED) is 0.898. The van der Waals surface area contributed by atoms with Crippen LogP contribution in [0.15, 0.2) is 18.2 Å². The molecule has 0 aliphatic heterocycles. The van der Waals surface area contributed by atoms with Gasteiger partial charge in [-0.05, 0) is 43.2 Å². The van der Waals surface area contributed by atoms with Crippen LogP contribution in [0, 0.1) is 11.8 Å². The molecule has 2 atom stereocenters. The lowest BCUT2D eigenvalue weighted by Gasteiger charge is -2.32. The fourth-order valence-electron chi connectivity index (χ4n) is 3.00. The number of nitrogens with two attached hydrogens (primary N) is 1. The van der Waals surface area contributed by atoms with Crippen molar-refractivity contribution in [3.8, 4) is 5.75 Å². The molecule has 1 aliphatic rings. The molecule has 2 nitrogen and oxygen atoms in total. The summed E-state index contributed by atoms with van der Waals surface area (Å²) in [6.45, 7) is 5.02. The van der Waals surface area contributed by atoms with Crippen LogP contribution in [0.4, 0.5) is 0 Å². The summed E-state index contributed by atoms with van der Waals surface area (Å²) in [6, 6.07) is 5.76. The molecule has 1 saturated carbocycles. The molecule has 0 radical (unpaired) electrons. The van der Waals surface area contributed by atoms with Gasteiger partial charge in [0.1, 0.15) is 5.75 Å². The summed E-state index contributed by atoms with van der Waals surface area (Å²) < 4.78 is 6.13. The van der Waals surface area contributed by atoms with Gasteiger partial charge in [0.2, 0.25) is 0 Å². The minimum atomic E-state index is 0.299. The minimum absolute atomic E-state index is 0.299. The molecule has 1 aliphatic carbocycles. The fraction of sp³-hybridized carbons (Fsp3) is 0.600. The maximum absolute atomic E-state index is 6.14. The normalized spacial score (nSPS) is 28.1. The van der Waals surface area contributed by atoms with Crippen LogP contribution in [0.2, 0.25) is 5.02 Å². The van der Waals surface area contributed by atoms with E-state index in [0.717, 1.165) is 36.0 Å². The van der Waals surface area contributed by atoms with Gasteiger partial charge in [-0.25, -0.2) is 0 Å². The van der Waals surface area contributed by atoms with Crippen LogP contribution < -0.4 is 10.5 Å². The van der Waals surface area contributed by atoms with Gasteiger partial charge in [-0.15, -0.1) is 0 Å². The summed E-state index contributed by atoms with van der Waals surface area (Å²) in [4.78, 5) is 0. The Kier molecular flexibility index (Phi) is 4.52. The van der Waals surface area contributed by atoms with Crippen molar-refractivity contribution in [2.45, 2.75) is 45.8 Å². The zero-order chi connectivity index (χ0) is 13.1. The Labute approximate surface area is 114 Å². The van der Waals surface area contributed by atoms with Crippen LogP contribution >= 0.6 is 11.6 Å². The number of ether oxygens (including phenoxy) is 1. The van der Waals surface area contributed by atoms with Gasteiger partial charge in [0.15, 0.2) is 0 Å². The molecule has 1 aromatic carbocycles. The summed E-state index contributed by atoms with van der Waals surface area (Å²) in [5.74, 6) is 2.33. The molecule has 0 heterocycles. The second-order valence-corrected chi connectivity index (χ2v) is 5.99. The topological polar surface area (TPSA) is 35.2 Å². The maximum Gasteiger partial charge on any atom is 0.125 e. The Balaban J connectivity index is 2.11. The summed E-state index contributed by atoms with van der Waals surface area (Å²) in [5.41, 5.74) is 6.67. The van der Waals surface area contributed by atoms with Crippen molar-refractivity contribution in [3.05, 3.63) is 28.8 Å². The van der Waals surface area contributed by atoms with E-state index in [4.69, 9.17) is 22.1 Å². The molecule has 0 aromatic heterocycles. The van der Waals surface area contributed by atoms with Crippen LogP contribution in [-0.4, -0.2) is 6.10 Å². The van der Waals surface area contributed by atoms with Gasteiger partial charge in [0, 0.05) is 17.1 Å². The third-order valence-corrected chi connectivity index (χ3v) is 4.06. The summed E-state index contributed by atoms with van der Waals surface area (Å²) in [6.07, 6.45) is 3.86.